The van der Waals surface area contributed by atoms with Crippen LogP contribution in [0.25, 0.3) is 0 Å². The molecule has 7 nitrogen and oxygen atoms in total. The zero-order valence-corrected chi connectivity index (χ0v) is 25.1. The summed E-state index contributed by atoms with van der Waals surface area (Å²) in [6.07, 6.45) is 8.24. The quantitative estimate of drug-likeness (QED) is 0.228. The first-order valence-electron chi connectivity index (χ1n) is 15.0. The van der Waals surface area contributed by atoms with Crippen LogP contribution in [0, 0.1) is 57.7 Å². The highest BCUT2D eigenvalue weighted by Gasteiger charge is 2.71. The molecule has 0 radical (unpaired) electrons. The maximum absolute atomic E-state index is 13.6. The van der Waals surface area contributed by atoms with Gasteiger partial charge in [-0.3, -0.25) is 14.6 Å². The fourth-order valence-corrected chi connectivity index (χ4v) is 10.1. The van der Waals surface area contributed by atoms with Gasteiger partial charge in [0.2, 0.25) is 11.1 Å². The third kappa shape index (κ3) is 4.50. The summed E-state index contributed by atoms with van der Waals surface area (Å²) in [6, 6.07) is 1.95. The lowest BCUT2D eigenvalue weighted by Crippen LogP contribution is -2.63. The van der Waals surface area contributed by atoms with Gasteiger partial charge in [-0.2, -0.15) is 4.39 Å². The molecule has 1 aromatic heterocycles. The van der Waals surface area contributed by atoms with Crippen molar-refractivity contribution in [1.82, 2.24) is 4.98 Å². The maximum Gasteiger partial charge on any atom is 0.309 e. The lowest BCUT2D eigenvalue weighted by molar-refractivity contribution is -0.199. The minimum absolute atomic E-state index is 0.0154. The van der Waals surface area contributed by atoms with E-state index in [1.54, 1.807) is 6.07 Å². The predicted molar refractivity (Wildman–Crippen MR) is 157 cm³/mol. The van der Waals surface area contributed by atoms with Gasteiger partial charge < -0.3 is 15.3 Å². The van der Waals surface area contributed by atoms with E-state index in [1.165, 1.54) is 24.1 Å². The number of nitrogens with zero attached hydrogens (tertiary/aromatic N) is 2. The lowest BCUT2D eigenvalue weighted by atomic mass is 9.43. The molecule has 9 atom stereocenters. The molecular formula is C32H39F2N3O4S. The van der Waals surface area contributed by atoms with Crippen LogP contribution >= 0.6 is 11.8 Å². The zero-order valence-electron chi connectivity index (χ0n) is 24.3. The van der Waals surface area contributed by atoms with Gasteiger partial charge in [0.1, 0.15) is 6.01 Å². The number of halogens is 2. The largest absolute Gasteiger partial charge is 0.449 e. The molecule has 0 spiro atoms. The lowest BCUT2D eigenvalue weighted by Gasteiger charge is -2.62. The molecular weight excluding hydrogens is 560 g/mol. The van der Waals surface area contributed by atoms with Crippen LogP contribution in [-0.4, -0.2) is 50.8 Å². The summed E-state index contributed by atoms with van der Waals surface area (Å²) < 4.78 is 33.0. The SMILES string of the molecule is CC1CC2C(C(O)CC3(C)C2CCC3(OC(=O)C2CC2)C(=O)SCF)C2(C)CC(C=N)C(=Nc3ccc(F)nc3)C=C12. The van der Waals surface area contributed by atoms with Crippen molar-refractivity contribution in [3.63, 3.8) is 0 Å². The number of fused-ring (bicyclic) bond motifs is 5. The fraction of sp³-hybridized carbons (Fsp3) is 0.656. The van der Waals surface area contributed by atoms with E-state index in [0.29, 0.717) is 36.7 Å². The summed E-state index contributed by atoms with van der Waals surface area (Å²) in [5.41, 5.74) is -0.245. The summed E-state index contributed by atoms with van der Waals surface area (Å²) in [7, 11) is 0. The Kier molecular flexibility index (Phi) is 7.48. The molecule has 2 N–H and O–H groups in total. The van der Waals surface area contributed by atoms with Crippen LogP contribution < -0.4 is 0 Å². The number of hydrogen-bond acceptors (Lipinski definition) is 8. The molecule has 0 amide bonds. The molecule has 0 aromatic carbocycles. The Morgan fingerprint density at radius 3 is 2.67 bits per heavy atom. The maximum atomic E-state index is 13.6. The Morgan fingerprint density at radius 2 is 2.02 bits per heavy atom. The van der Waals surface area contributed by atoms with Crippen LogP contribution in [0.1, 0.15) is 65.7 Å². The van der Waals surface area contributed by atoms with E-state index < -0.39 is 39.6 Å². The van der Waals surface area contributed by atoms with Crippen LogP contribution in [-0.2, 0) is 14.3 Å². The number of aromatic nitrogens is 1. The van der Waals surface area contributed by atoms with Crippen molar-refractivity contribution in [1.29, 1.82) is 5.41 Å². The van der Waals surface area contributed by atoms with Gasteiger partial charge >= 0.3 is 5.97 Å². The molecule has 10 heteroatoms. The average molecular weight is 600 g/mol. The van der Waals surface area contributed by atoms with E-state index in [9.17, 15) is 23.5 Å². The van der Waals surface area contributed by atoms with Crippen molar-refractivity contribution in [3.8, 4) is 0 Å². The number of aliphatic hydroxyl groups excluding tert-OH is 1. The summed E-state index contributed by atoms with van der Waals surface area (Å²) >= 11 is 0.572. The summed E-state index contributed by atoms with van der Waals surface area (Å²) in [6.45, 7) is 6.34. The van der Waals surface area contributed by atoms with Crippen LogP contribution in [0.4, 0.5) is 14.5 Å². The normalized spacial score (nSPS) is 41.8. The molecule has 5 aliphatic rings. The number of thioether (sulfide) groups is 1. The number of aliphatic hydroxyl groups is 1. The van der Waals surface area contributed by atoms with Crippen LogP contribution in [0.3, 0.4) is 0 Å². The second kappa shape index (κ2) is 10.6. The van der Waals surface area contributed by atoms with Gasteiger partial charge in [-0.05, 0) is 104 Å². The topological polar surface area (TPSA) is 113 Å². The first-order chi connectivity index (χ1) is 20.0. The average Bonchev–Trinajstić information content (AvgIpc) is 3.75. The highest BCUT2D eigenvalue weighted by molar-refractivity contribution is 8.13. The highest BCUT2D eigenvalue weighted by Crippen LogP contribution is 2.70. The molecule has 42 heavy (non-hydrogen) atoms. The van der Waals surface area contributed by atoms with Crippen LogP contribution in [0.5, 0.6) is 0 Å². The summed E-state index contributed by atoms with van der Waals surface area (Å²) in [4.78, 5) is 35.0. The third-order valence-electron chi connectivity index (χ3n) is 11.3. The van der Waals surface area contributed by atoms with E-state index in [0.717, 1.165) is 25.0 Å². The number of carbonyl (C=O) groups excluding carboxylic acids is 2. The first kappa shape index (κ1) is 29.6. The number of esters is 1. The smallest absolute Gasteiger partial charge is 0.309 e. The van der Waals surface area contributed by atoms with Gasteiger partial charge in [-0.15, -0.1) is 0 Å². The van der Waals surface area contributed by atoms with E-state index in [-0.39, 0.29) is 47.9 Å². The second-order valence-electron chi connectivity index (χ2n) is 13.6. The highest BCUT2D eigenvalue weighted by atomic mass is 32.2. The van der Waals surface area contributed by atoms with Gasteiger partial charge in [-0.1, -0.05) is 26.3 Å². The second-order valence-corrected chi connectivity index (χ2v) is 14.5. The van der Waals surface area contributed by atoms with E-state index in [2.05, 4.69) is 24.9 Å². The minimum Gasteiger partial charge on any atom is -0.449 e. The molecule has 6 rings (SSSR count). The Labute approximate surface area is 249 Å². The third-order valence-corrected chi connectivity index (χ3v) is 12.0. The number of carbonyl (C=O) groups is 2. The molecule has 0 bridgehead atoms. The monoisotopic (exact) mass is 599 g/mol. The fourth-order valence-electron chi connectivity index (χ4n) is 9.38. The van der Waals surface area contributed by atoms with Gasteiger partial charge in [0.25, 0.3) is 0 Å². The number of aliphatic imine (C=N–C) groups is 1. The molecule has 4 fully saturated rings. The molecule has 1 aromatic rings. The van der Waals surface area contributed by atoms with E-state index in [1.807, 2.05) is 6.92 Å². The molecule has 0 saturated heterocycles. The number of ether oxygens (including phenoxy) is 1. The van der Waals surface area contributed by atoms with E-state index in [4.69, 9.17) is 15.1 Å². The van der Waals surface area contributed by atoms with Gasteiger partial charge in [-0.25, -0.2) is 9.37 Å². The van der Waals surface area contributed by atoms with Crippen molar-refractivity contribution in [2.24, 2.45) is 51.3 Å². The van der Waals surface area contributed by atoms with Crippen LogP contribution in [0.15, 0.2) is 35.0 Å². The molecule has 5 aliphatic carbocycles. The van der Waals surface area contributed by atoms with Crippen molar-refractivity contribution in [3.05, 3.63) is 35.9 Å². The molecule has 226 valence electrons. The van der Waals surface area contributed by atoms with Crippen molar-refractivity contribution >= 4 is 40.5 Å². The first-order valence-corrected chi connectivity index (χ1v) is 16.0. The van der Waals surface area contributed by atoms with Gasteiger partial charge in [0.15, 0.2) is 5.60 Å². The Morgan fingerprint density at radius 1 is 1.26 bits per heavy atom. The van der Waals surface area contributed by atoms with Gasteiger partial charge in [0.05, 0.1) is 23.9 Å². The minimum atomic E-state index is -1.45. The summed E-state index contributed by atoms with van der Waals surface area (Å²) in [5.74, 6) is -1.34. The molecule has 9 unspecified atom stereocenters. The van der Waals surface area contributed by atoms with E-state index >= 15 is 0 Å². The Balaban J connectivity index is 1.37. The number of alkyl halides is 1. The zero-order chi connectivity index (χ0) is 30.0. The molecule has 4 saturated carbocycles. The molecule has 0 aliphatic heterocycles. The van der Waals surface area contributed by atoms with Gasteiger partial charge in [0, 0.05) is 23.3 Å². The van der Waals surface area contributed by atoms with Crippen molar-refractivity contribution in [2.45, 2.75) is 77.4 Å². The summed E-state index contributed by atoms with van der Waals surface area (Å²) in [5, 5.41) is 19.8. The Bertz CT molecular complexity index is 1350. The number of nitrogens with one attached hydrogen (secondary N) is 1. The number of rotatable bonds is 6. The number of hydrogen-bond donors (Lipinski definition) is 2. The van der Waals surface area contributed by atoms with Crippen molar-refractivity contribution in [2.75, 3.05) is 6.01 Å². The van der Waals surface area contributed by atoms with Crippen LogP contribution in [0.2, 0.25) is 0 Å². The standard InChI is InChI=1S/C32H39F2N3O4S/c1-17-10-21-22-8-9-32(29(40)42-16-33,41-28(39)18-4-5-18)31(22,3)13-25(38)27(21)30(2)12-19(14-35)24(11-23(17)30)37-20-6-7-26(34)36-15-20/h6-7,11,14-15,17-19,21-22,25,27,35,38H,4-5,8-10,12-13,16H2,1-3H3. The molecule has 1 heterocycles. The van der Waals surface area contributed by atoms with Crippen molar-refractivity contribution < 1.29 is 28.2 Å². The number of allylic oxidation sites excluding steroid dienone is 2. The number of pyridine rings is 1. The predicted octanol–water partition coefficient (Wildman–Crippen LogP) is 6.23. The Hall–Kier alpha value is -2.46.